The number of hydrogen-bond acceptors (Lipinski definition) is 18. The van der Waals surface area contributed by atoms with E-state index >= 15 is 0 Å². The van der Waals surface area contributed by atoms with Gasteiger partial charge in [0.1, 0.15) is 50.6 Å². The summed E-state index contributed by atoms with van der Waals surface area (Å²) >= 11 is 0. The molecule has 9 aromatic rings. The number of nitrogens with zero attached hydrogens (tertiary/aromatic N) is 18. The topological polar surface area (TPSA) is 294 Å². The number of pyridine rings is 1. The molecule has 4 N–H and O–H groups in total. The van der Waals surface area contributed by atoms with Crippen LogP contribution in [0.4, 0.5) is 0 Å². The van der Waals surface area contributed by atoms with Crippen LogP contribution in [0.5, 0.6) is 0 Å². The van der Waals surface area contributed by atoms with E-state index in [1.807, 2.05) is 181 Å². The van der Waals surface area contributed by atoms with Gasteiger partial charge in [-0.3, -0.25) is 30.2 Å². The van der Waals surface area contributed by atoms with Crippen LogP contribution >= 0.6 is 0 Å². The highest BCUT2D eigenvalue weighted by atomic mass is 15.2. The summed E-state index contributed by atoms with van der Waals surface area (Å²) in [5.41, 5.74) is 0. The molecule has 1 aliphatic heterocycles. The van der Waals surface area contributed by atoms with E-state index in [1.165, 1.54) is 50.6 Å². The predicted octanol–water partition coefficient (Wildman–Crippen LogP) is 14.0. The maximum Gasteiger partial charge on any atom is 0.137 e. The summed E-state index contributed by atoms with van der Waals surface area (Å²) in [5, 5.41) is 32.4. The molecule has 10 heterocycles. The Morgan fingerprint density at radius 3 is 0.813 bits per heavy atom. The number of H-pyrrole nitrogens is 4. The summed E-state index contributed by atoms with van der Waals surface area (Å²) < 4.78 is 0. The van der Waals surface area contributed by atoms with Crippen LogP contribution in [0.25, 0.3) is 0 Å². The number of aromatic nitrogens is 20. The van der Waals surface area contributed by atoms with Gasteiger partial charge in [0.05, 0.1) is 12.9 Å². The second-order valence-electron chi connectivity index (χ2n) is 8.19. The molecular weight excluding hydrogens is 945 g/mol. The molecule has 420 valence electrons. The lowest BCUT2D eigenvalue weighted by molar-refractivity contribution is 1.03. The normalized spacial score (nSPS) is 7.31. The maximum atomic E-state index is 3.78. The van der Waals surface area contributed by atoms with Crippen LogP contribution in [-0.2, 0) is 0 Å². The Kier molecular flexibility index (Phi) is 150. The lowest BCUT2D eigenvalue weighted by Crippen LogP contribution is -1.73. The molecule has 0 saturated heterocycles. The fourth-order valence-corrected chi connectivity index (χ4v) is 2.28. The van der Waals surface area contributed by atoms with Crippen molar-refractivity contribution in [2.45, 2.75) is 138 Å². The SMILES string of the molecule is C1=CN=NC1.CC.CC.CC.CC.CC.CC.CC.CC.CC.CC.c1c[nH]cn1.c1ccncc1.c1ccnnc1.c1cn[nH]c1.c1cnccn1.c1cncnc1.c1nc[nH]n1.c1nc[nH]n1.c1ncncn1. The molecule has 0 spiro atoms. The first-order valence-corrected chi connectivity index (χ1v) is 25.5. The van der Waals surface area contributed by atoms with E-state index in [0.29, 0.717) is 0 Å². The molecule has 0 unspecified atom stereocenters. The average Bonchev–Trinajstić information content (AvgIpc) is 4.43. The minimum absolute atomic E-state index is 0.778. The molecule has 0 amide bonds. The lowest BCUT2D eigenvalue weighted by Gasteiger charge is -1.70. The lowest BCUT2D eigenvalue weighted by atomic mass is 10.5. The minimum atomic E-state index is 0.778. The molecule has 1 aliphatic rings. The first-order valence-electron chi connectivity index (χ1n) is 25.5. The number of hydrogen-bond donors (Lipinski definition) is 4. The van der Waals surface area contributed by atoms with E-state index in [0.717, 1.165) is 6.54 Å². The summed E-state index contributed by atoms with van der Waals surface area (Å²) in [6, 6.07) is 13.0. The number of aromatic amines is 4. The van der Waals surface area contributed by atoms with Crippen LogP contribution in [0, 0.1) is 0 Å². The number of nitrogens with one attached hydrogen (secondary N) is 4. The predicted molar refractivity (Wildman–Crippen MR) is 312 cm³/mol. The summed E-state index contributed by atoms with van der Waals surface area (Å²) in [5.74, 6) is 0. The second kappa shape index (κ2) is 126. The molecule has 0 aliphatic carbocycles. The zero-order valence-corrected chi connectivity index (χ0v) is 49.2. The van der Waals surface area contributed by atoms with Crippen molar-refractivity contribution >= 4 is 0 Å². The number of imidazole rings is 1. The largest absolute Gasteiger partial charge is 0.351 e. The Morgan fingerprint density at radius 1 is 0.280 bits per heavy atom. The smallest absolute Gasteiger partial charge is 0.137 e. The molecule has 75 heavy (non-hydrogen) atoms. The standard InChI is InChI=1S/C5H5N.3C4H4N2.C3H3N3.3C3H4N2.2C2H3N3.10C2H6/c1-2-4-6-5-3-1;1-2-6-4-3-5-1;1-2-5-4-6-3-1;1-2-4-6-5-3-1;1-4-2-6-3-5-1;1-2-5-3-4-1;2*1-2-4-5-3-1;2*1-3-2-5-4-1;10*1-2/h1-5H;3*1-4H;1-3H;1-3H,(H,4,5);1-2H,3H2;1-3H,(H,4,5);2*1-2H,(H,3,4,5);10*1-2H3. The Labute approximate surface area is 452 Å². The van der Waals surface area contributed by atoms with E-state index < -0.39 is 0 Å². The van der Waals surface area contributed by atoms with Crippen molar-refractivity contribution in [3.8, 4) is 0 Å². The molecule has 0 fully saturated rings. The van der Waals surface area contributed by atoms with E-state index in [9.17, 15) is 0 Å². The molecule has 9 aromatic heterocycles. The maximum absolute atomic E-state index is 3.78. The van der Waals surface area contributed by atoms with E-state index in [1.54, 1.807) is 105 Å². The molecule has 0 bridgehead atoms. The van der Waals surface area contributed by atoms with E-state index in [-0.39, 0.29) is 0 Å². The fraction of sp³-hybridized carbons (Fsp3) is 0.396. The first kappa shape index (κ1) is 89.3. The van der Waals surface area contributed by atoms with Crippen LogP contribution in [0.2, 0.25) is 0 Å². The van der Waals surface area contributed by atoms with Crippen molar-refractivity contribution in [1.82, 2.24) is 101 Å². The van der Waals surface area contributed by atoms with Gasteiger partial charge in [0.25, 0.3) is 0 Å². The molecule has 0 atom stereocenters. The van der Waals surface area contributed by atoms with Crippen LogP contribution in [-0.4, -0.2) is 107 Å². The second-order valence-corrected chi connectivity index (χ2v) is 8.19. The Hall–Kier alpha value is -8.56. The third kappa shape index (κ3) is 122. The van der Waals surface area contributed by atoms with Crippen molar-refractivity contribution in [2.75, 3.05) is 6.54 Å². The van der Waals surface area contributed by atoms with Gasteiger partial charge in [-0.15, -0.1) is 0 Å². The van der Waals surface area contributed by atoms with Gasteiger partial charge in [0, 0.05) is 93.0 Å². The third-order valence-corrected chi connectivity index (χ3v) is 4.32. The Morgan fingerprint density at radius 2 is 0.693 bits per heavy atom. The van der Waals surface area contributed by atoms with Crippen molar-refractivity contribution in [3.63, 3.8) is 0 Å². The fourth-order valence-electron chi connectivity index (χ4n) is 2.28. The van der Waals surface area contributed by atoms with E-state index in [2.05, 4.69) is 111 Å². The van der Waals surface area contributed by atoms with Gasteiger partial charge in [0.15, 0.2) is 0 Å². The number of rotatable bonds is 0. The summed E-state index contributed by atoms with van der Waals surface area (Å²) in [6.45, 7) is 40.8. The van der Waals surface area contributed by atoms with Crippen LogP contribution in [0.3, 0.4) is 0 Å². The van der Waals surface area contributed by atoms with Crippen molar-refractivity contribution in [3.05, 3.63) is 198 Å². The number of azo groups is 1. The third-order valence-electron chi connectivity index (χ3n) is 4.32. The quantitative estimate of drug-likeness (QED) is 0.110. The highest BCUT2D eigenvalue weighted by molar-refractivity contribution is 4.88. The molecule has 0 radical (unpaired) electrons. The van der Waals surface area contributed by atoms with Crippen molar-refractivity contribution < 1.29 is 0 Å². The Bertz CT molecular complexity index is 1360. The van der Waals surface area contributed by atoms with Gasteiger partial charge in [-0.05, 0) is 42.5 Å². The molecule has 22 heteroatoms. The summed E-state index contributed by atoms with van der Waals surface area (Å²) in [7, 11) is 0. The van der Waals surface area contributed by atoms with Gasteiger partial charge in [-0.2, -0.15) is 35.7 Å². The van der Waals surface area contributed by atoms with Gasteiger partial charge < -0.3 is 4.98 Å². The van der Waals surface area contributed by atoms with Crippen LogP contribution in [0.1, 0.15) is 138 Å². The zero-order chi connectivity index (χ0) is 58.9. The summed E-state index contributed by atoms with van der Waals surface area (Å²) in [6.07, 6.45) is 40.6. The molecule has 10 rings (SSSR count). The van der Waals surface area contributed by atoms with Gasteiger partial charge >= 0.3 is 0 Å². The highest BCUT2D eigenvalue weighted by Crippen LogP contribution is 1.86. The first-order chi connectivity index (χ1) is 37.5. The van der Waals surface area contributed by atoms with Gasteiger partial charge in [-0.1, -0.05) is 145 Å². The molecule has 0 aromatic carbocycles. The Balaban J connectivity index is -0.0000000755. The summed E-state index contributed by atoms with van der Waals surface area (Å²) in [4.78, 5) is 42.8. The highest BCUT2D eigenvalue weighted by Gasteiger charge is 1.74. The van der Waals surface area contributed by atoms with Gasteiger partial charge in [0.2, 0.25) is 0 Å². The molecular formula is C53H98N22. The monoisotopic (exact) mass is 1040 g/mol. The van der Waals surface area contributed by atoms with Crippen LogP contribution < -0.4 is 0 Å². The average molecular weight is 1040 g/mol. The zero-order valence-electron chi connectivity index (χ0n) is 49.2. The molecule has 0 saturated carbocycles. The van der Waals surface area contributed by atoms with Crippen molar-refractivity contribution in [2.24, 2.45) is 10.2 Å². The van der Waals surface area contributed by atoms with Crippen molar-refractivity contribution in [1.29, 1.82) is 0 Å². The van der Waals surface area contributed by atoms with E-state index in [4.69, 9.17) is 0 Å². The minimum Gasteiger partial charge on any atom is -0.351 e. The molecule has 22 nitrogen and oxygen atoms in total. The van der Waals surface area contributed by atoms with Gasteiger partial charge in [-0.25, -0.2) is 39.9 Å². The van der Waals surface area contributed by atoms with Crippen LogP contribution in [0.15, 0.2) is 209 Å².